The van der Waals surface area contributed by atoms with E-state index >= 15 is 0 Å². The number of ether oxygens (including phenoxy) is 1. The average Bonchev–Trinajstić information content (AvgIpc) is 2.89. The smallest absolute Gasteiger partial charge is 0.234 e. The van der Waals surface area contributed by atoms with Crippen molar-refractivity contribution >= 4 is 23.4 Å². The highest BCUT2D eigenvalue weighted by Gasteiger charge is 2.17. The number of para-hydroxylation sites is 2. The van der Waals surface area contributed by atoms with Crippen molar-refractivity contribution in [2.45, 2.75) is 11.9 Å². The molecular weight excluding hydrogens is 442 g/mol. The van der Waals surface area contributed by atoms with Gasteiger partial charge in [-0.3, -0.25) is 4.79 Å². The van der Waals surface area contributed by atoms with Gasteiger partial charge in [0.05, 0.1) is 29.3 Å². The van der Waals surface area contributed by atoms with E-state index in [4.69, 9.17) is 9.72 Å². The Bertz CT molecular complexity index is 1320. The van der Waals surface area contributed by atoms with Gasteiger partial charge in [-0.2, -0.15) is 5.26 Å². The van der Waals surface area contributed by atoms with Crippen LogP contribution in [-0.2, 0) is 4.79 Å². The van der Waals surface area contributed by atoms with E-state index in [0.717, 1.165) is 22.4 Å². The molecule has 0 aliphatic rings. The minimum atomic E-state index is -0.200. The Morgan fingerprint density at radius 2 is 1.62 bits per heavy atom. The zero-order chi connectivity index (χ0) is 23.8. The van der Waals surface area contributed by atoms with E-state index in [1.54, 1.807) is 6.07 Å². The molecule has 0 unspecified atom stereocenters. The molecule has 34 heavy (non-hydrogen) atoms. The van der Waals surface area contributed by atoms with Crippen molar-refractivity contribution in [2.24, 2.45) is 0 Å². The first-order valence-electron chi connectivity index (χ1n) is 10.9. The van der Waals surface area contributed by atoms with Crippen molar-refractivity contribution in [1.82, 2.24) is 4.98 Å². The molecule has 168 valence electrons. The molecule has 0 aliphatic carbocycles. The van der Waals surface area contributed by atoms with Crippen LogP contribution in [0, 0.1) is 11.3 Å². The van der Waals surface area contributed by atoms with Crippen LogP contribution in [0.2, 0.25) is 0 Å². The molecule has 5 nitrogen and oxygen atoms in total. The predicted octanol–water partition coefficient (Wildman–Crippen LogP) is 6.42. The van der Waals surface area contributed by atoms with Crippen LogP contribution in [0.5, 0.6) is 5.75 Å². The lowest BCUT2D eigenvalue weighted by Crippen LogP contribution is -2.15. The predicted molar refractivity (Wildman–Crippen MR) is 137 cm³/mol. The lowest BCUT2D eigenvalue weighted by atomic mass is 9.99. The van der Waals surface area contributed by atoms with Gasteiger partial charge in [-0.1, -0.05) is 84.6 Å². The van der Waals surface area contributed by atoms with E-state index < -0.39 is 0 Å². The summed E-state index contributed by atoms with van der Waals surface area (Å²) in [6.45, 7) is 2.40. The molecule has 1 N–H and O–H groups in total. The summed E-state index contributed by atoms with van der Waals surface area (Å²) in [7, 11) is 0. The molecule has 4 aromatic rings. The SMILES string of the molecule is CCOc1ccccc1NC(=O)CSc1nc(-c2ccccc2)cc(-c2ccccc2)c1C#N. The van der Waals surface area contributed by atoms with Crippen LogP contribution in [0.15, 0.2) is 96.0 Å². The summed E-state index contributed by atoms with van der Waals surface area (Å²) >= 11 is 1.25. The molecule has 0 saturated heterocycles. The van der Waals surface area contributed by atoms with Crippen molar-refractivity contribution < 1.29 is 9.53 Å². The Labute approximate surface area is 203 Å². The zero-order valence-electron chi connectivity index (χ0n) is 18.7. The number of carbonyl (C=O) groups excluding carboxylic acids is 1. The molecule has 1 aromatic heterocycles. The lowest BCUT2D eigenvalue weighted by molar-refractivity contribution is -0.113. The van der Waals surface area contributed by atoms with Gasteiger partial charge in [-0.25, -0.2) is 4.98 Å². The van der Waals surface area contributed by atoms with Crippen LogP contribution >= 0.6 is 11.8 Å². The normalized spacial score (nSPS) is 10.4. The summed E-state index contributed by atoms with van der Waals surface area (Å²) in [6, 6.07) is 31.1. The Hall–Kier alpha value is -4.08. The van der Waals surface area contributed by atoms with Gasteiger partial charge < -0.3 is 10.1 Å². The molecule has 0 aliphatic heterocycles. The van der Waals surface area contributed by atoms with Crippen LogP contribution in [0.3, 0.4) is 0 Å². The first-order chi connectivity index (χ1) is 16.7. The Balaban J connectivity index is 1.64. The highest BCUT2D eigenvalue weighted by atomic mass is 32.2. The van der Waals surface area contributed by atoms with Crippen LogP contribution in [0.4, 0.5) is 5.69 Å². The third-order valence-corrected chi connectivity index (χ3v) is 6.03. The molecule has 4 rings (SSSR count). The first kappa shape index (κ1) is 23.1. The van der Waals surface area contributed by atoms with Crippen LogP contribution in [0.1, 0.15) is 12.5 Å². The van der Waals surface area contributed by atoms with E-state index in [9.17, 15) is 10.1 Å². The van der Waals surface area contributed by atoms with Gasteiger partial charge in [-0.15, -0.1) is 0 Å². The molecule has 0 spiro atoms. The number of nitrogens with zero attached hydrogens (tertiary/aromatic N) is 2. The molecule has 6 heteroatoms. The monoisotopic (exact) mass is 465 g/mol. The number of carbonyl (C=O) groups is 1. The molecule has 0 fully saturated rings. The Kier molecular flexibility index (Phi) is 7.59. The Morgan fingerprint density at radius 3 is 2.29 bits per heavy atom. The van der Waals surface area contributed by atoms with Gasteiger partial charge in [-0.05, 0) is 30.7 Å². The second-order valence-corrected chi connectivity index (χ2v) is 8.31. The summed E-state index contributed by atoms with van der Waals surface area (Å²) in [5, 5.41) is 13.4. The minimum absolute atomic E-state index is 0.106. The van der Waals surface area contributed by atoms with Crippen molar-refractivity contribution in [3.63, 3.8) is 0 Å². The summed E-state index contributed by atoms with van der Waals surface area (Å²) in [5.41, 5.74) is 4.49. The fraction of sp³-hybridized carbons (Fsp3) is 0.107. The number of aromatic nitrogens is 1. The molecule has 0 bridgehead atoms. The van der Waals surface area contributed by atoms with E-state index in [1.807, 2.05) is 91.9 Å². The number of nitrogens with one attached hydrogen (secondary N) is 1. The molecular formula is C28H23N3O2S. The number of amides is 1. The number of anilines is 1. The fourth-order valence-corrected chi connectivity index (χ4v) is 4.31. The highest BCUT2D eigenvalue weighted by molar-refractivity contribution is 8.00. The fourth-order valence-electron chi connectivity index (χ4n) is 3.51. The van der Waals surface area contributed by atoms with Crippen LogP contribution < -0.4 is 10.1 Å². The molecule has 3 aromatic carbocycles. The number of hydrogen-bond donors (Lipinski definition) is 1. The maximum Gasteiger partial charge on any atom is 0.234 e. The number of rotatable bonds is 8. The minimum Gasteiger partial charge on any atom is -0.492 e. The topological polar surface area (TPSA) is 75.0 Å². The molecule has 0 atom stereocenters. The molecule has 0 saturated carbocycles. The van der Waals surface area contributed by atoms with Gasteiger partial charge in [0.15, 0.2) is 0 Å². The van der Waals surface area contributed by atoms with Gasteiger partial charge in [0, 0.05) is 11.1 Å². The maximum absolute atomic E-state index is 12.8. The number of benzene rings is 3. The summed E-state index contributed by atoms with van der Waals surface area (Å²) in [5.74, 6) is 0.528. The van der Waals surface area contributed by atoms with Gasteiger partial charge >= 0.3 is 0 Å². The number of nitriles is 1. The van der Waals surface area contributed by atoms with Crippen molar-refractivity contribution in [3.8, 4) is 34.2 Å². The van der Waals surface area contributed by atoms with Gasteiger partial charge in [0.25, 0.3) is 0 Å². The largest absolute Gasteiger partial charge is 0.492 e. The van der Waals surface area contributed by atoms with Crippen LogP contribution in [0.25, 0.3) is 22.4 Å². The first-order valence-corrected chi connectivity index (χ1v) is 11.9. The number of hydrogen-bond acceptors (Lipinski definition) is 5. The quantitative estimate of drug-likeness (QED) is 0.304. The average molecular weight is 466 g/mol. The highest BCUT2D eigenvalue weighted by Crippen LogP contribution is 2.34. The van der Waals surface area contributed by atoms with Gasteiger partial charge in [0.1, 0.15) is 16.8 Å². The van der Waals surface area contributed by atoms with E-state index in [2.05, 4.69) is 11.4 Å². The van der Waals surface area contributed by atoms with Crippen LogP contribution in [-0.4, -0.2) is 23.3 Å². The summed E-state index contributed by atoms with van der Waals surface area (Å²) in [4.78, 5) is 17.5. The van der Waals surface area contributed by atoms with Gasteiger partial charge in [0.2, 0.25) is 5.91 Å². The zero-order valence-corrected chi connectivity index (χ0v) is 19.5. The van der Waals surface area contributed by atoms with Crippen molar-refractivity contribution in [3.05, 3.63) is 96.6 Å². The third-order valence-electron chi connectivity index (χ3n) is 5.05. The second kappa shape index (κ2) is 11.2. The maximum atomic E-state index is 12.8. The van der Waals surface area contributed by atoms with E-state index in [0.29, 0.717) is 28.6 Å². The third kappa shape index (κ3) is 5.45. The molecule has 1 amide bonds. The van der Waals surface area contributed by atoms with E-state index in [-0.39, 0.29) is 11.7 Å². The number of pyridine rings is 1. The number of thioether (sulfide) groups is 1. The van der Waals surface area contributed by atoms with Crippen molar-refractivity contribution in [2.75, 3.05) is 17.7 Å². The molecule has 1 heterocycles. The molecule has 0 radical (unpaired) electrons. The lowest BCUT2D eigenvalue weighted by Gasteiger charge is -2.13. The van der Waals surface area contributed by atoms with E-state index in [1.165, 1.54) is 11.8 Å². The summed E-state index contributed by atoms with van der Waals surface area (Å²) < 4.78 is 5.59. The summed E-state index contributed by atoms with van der Waals surface area (Å²) in [6.07, 6.45) is 0. The Morgan fingerprint density at radius 1 is 0.971 bits per heavy atom. The second-order valence-electron chi connectivity index (χ2n) is 7.35. The van der Waals surface area contributed by atoms with Crippen molar-refractivity contribution in [1.29, 1.82) is 5.26 Å². The standard InChI is InChI=1S/C28H23N3O2S/c1-2-33-26-16-10-9-15-24(26)30-27(32)19-34-28-23(18-29)22(20-11-5-3-6-12-20)17-25(31-28)21-13-7-4-8-14-21/h3-17H,2,19H2,1H3,(H,30,32).